The summed E-state index contributed by atoms with van der Waals surface area (Å²) in [6.45, 7) is 4.05. The Labute approximate surface area is 96.4 Å². The van der Waals surface area contributed by atoms with Crippen molar-refractivity contribution in [3.63, 3.8) is 0 Å². The van der Waals surface area contributed by atoms with Crippen molar-refractivity contribution in [2.24, 2.45) is 5.92 Å². The number of hydrogen-bond donors (Lipinski definition) is 0. The third-order valence-corrected chi connectivity index (χ3v) is 2.27. The number of Topliss-reactive ketones (excluding diaryl/α,β-unsaturated/α-hetero) is 1. The van der Waals surface area contributed by atoms with E-state index in [1.54, 1.807) is 32.4 Å². The van der Waals surface area contributed by atoms with Crippen LogP contribution in [0.1, 0.15) is 30.6 Å². The van der Waals surface area contributed by atoms with Crippen molar-refractivity contribution >= 4 is 5.78 Å². The summed E-state index contributed by atoms with van der Waals surface area (Å²) < 4.78 is 10.2. The molecule has 0 atom stereocenters. The number of carbonyl (C=O) groups excluding carboxylic acids is 1. The second-order valence-corrected chi connectivity index (χ2v) is 4.12. The predicted octanol–water partition coefficient (Wildman–Crippen LogP) is 2.93. The van der Waals surface area contributed by atoms with E-state index in [1.165, 1.54) is 0 Å². The van der Waals surface area contributed by atoms with Gasteiger partial charge in [0.05, 0.1) is 14.2 Å². The van der Waals surface area contributed by atoms with Crippen molar-refractivity contribution in [1.82, 2.24) is 0 Å². The van der Waals surface area contributed by atoms with Gasteiger partial charge in [0.15, 0.2) is 5.78 Å². The van der Waals surface area contributed by atoms with E-state index in [2.05, 4.69) is 0 Å². The maximum absolute atomic E-state index is 11.9. The van der Waals surface area contributed by atoms with Gasteiger partial charge in [0, 0.05) is 18.1 Å². The Morgan fingerprint density at radius 3 is 2.00 bits per heavy atom. The summed E-state index contributed by atoms with van der Waals surface area (Å²) in [5, 5.41) is 0. The fourth-order valence-electron chi connectivity index (χ4n) is 1.46. The van der Waals surface area contributed by atoms with Gasteiger partial charge in [-0.05, 0) is 18.1 Å². The van der Waals surface area contributed by atoms with E-state index in [4.69, 9.17) is 9.47 Å². The van der Waals surface area contributed by atoms with Crippen LogP contribution in [0.5, 0.6) is 11.5 Å². The van der Waals surface area contributed by atoms with Crippen molar-refractivity contribution in [3.05, 3.63) is 23.8 Å². The van der Waals surface area contributed by atoms with E-state index in [-0.39, 0.29) is 5.78 Å². The number of rotatable bonds is 5. The van der Waals surface area contributed by atoms with E-state index in [0.29, 0.717) is 29.4 Å². The minimum atomic E-state index is 0.118. The summed E-state index contributed by atoms with van der Waals surface area (Å²) in [4.78, 5) is 11.9. The molecule has 0 heterocycles. The molecule has 3 nitrogen and oxygen atoms in total. The highest BCUT2D eigenvalue weighted by atomic mass is 16.5. The Bertz CT molecular complexity index is 347. The van der Waals surface area contributed by atoms with Crippen molar-refractivity contribution in [2.75, 3.05) is 14.2 Å². The van der Waals surface area contributed by atoms with Crippen molar-refractivity contribution < 1.29 is 14.3 Å². The van der Waals surface area contributed by atoms with Crippen LogP contribution in [0, 0.1) is 5.92 Å². The average Bonchev–Trinajstić information content (AvgIpc) is 2.27. The van der Waals surface area contributed by atoms with Crippen molar-refractivity contribution in [2.45, 2.75) is 20.3 Å². The topological polar surface area (TPSA) is 35.5 Å². The molecule has 1 rings (SSSR count). The molecule has 0 N–H and O–H groups in total. The number of benzene rings is 1. The zero-order chi connectivity index (χ0) is 12.1. The highest BCUT2D eigenvalue weighted by Gasteiger charge is 2.11. The molecule has 1 aromatic rings. The largest absolute Gasteiger partial charge is 0.497 e. The maximum atomic E-state index is 11.9. The number of hydrogen-bond acceptors (Lipinski definition) is 3. The number of ether oxygens (including phenoxy) is 2. The normalized spacial score (nSPS) is 10.3. The first-order valence-corrected chi connectivity index (χ1v) is 5.33. The van der Waals surface area contributed by atoms with Gasteiger partial charge in [-0.1, -0.05) is 13.8 Å². The molecular formula is C13H18O3. The number of methoxy groups -OCH3 is 2. The van der Waals surface area contributed by atoms with Gasteiger partial charge in [0.25, 0.3) is 0 Å². The average molecular weight is 222 g/mol. The molecule has 1 aromatic carbocycles. The van der Waals surface area contributed by atoms with Gasteiger partial charge in [0.1, 0.15) is 11.5 Å². The third-order valence-electron chi connectivity index (χ3n) is 2.27. The lowest BCUT2D eigenvalue weighted by Crippen LogP contribution is -2.04. The molecule has 0 saturated carbocycles. The van der Waals surface area contributed by atoms with Gasteiger partial charge in [-0.2, -0.15) is 0 Å². The molecule has 0 aliphatic heterocycles. The van der Waals surface area contributed by atoms with Crippen LogP contribution in [0.4, 0.5) is 0 Å². The Kier molecular flexibility index (Phi) is 4.35. The first-order valence-electron chi connectivity index (χ1n) is 5.33. The molecular weight excluding hydrogens is 204 g/mol. The molecule has 3 heteroatoms. The minimum absolute atomic E-state index is 0.118. The zero-order valence-corrected chi connectivity index (χ0v) is 10.2. The molecule has 0 spiro atoms. The maximum Gasteiger partial charge on any atom is 0.163 e. The Hall–Kier alpha value is -1.51. The molecule has 0 fully saturated rings. The first-order chi connectivity index (χ1) is 7.56. The number of carbonyl (C=O) groups is 1. The lowest BCUT2D eigenvalue weighted by atomic mass is 10.0. The molecule has 0 saturated heterocycles. The zero-order valence-electron chi connectivity index (χ0n) is 10.2. The molecule has 0 aliphatic rings. The SMILES string of the molecule is COc1cc(OC)cc(C(=O)CC(C)C)c1. The van der Waals surface area contributed by atoms with Crippen LogP contribution in [0.3, 0.4) is 0 Å². The molecule has 88 valence electrons. The van der Waals surface area contributed by atoms with Gasteiger partial charge in [-0.25, -0.2) is 0 Å². The minimum Gasteiger partial charge on any atom is -0.497 e. The summed E-state index contributed by atoms with van der Waals surface area (Å²) >= 11 is 0. The van der Waals surface area contributed by atoms with Crippen LogP contribution in [-0.2, 0) is 0 Å². The summed E-state index contributed by atoms with van der Waals surface area (Å²) in [6, 6.07) is 5.24. The summed E-state index contributed by atoms with van der Waals surface area (Å²) in [5.41, 5.74) is 0.643. The highest BCUT2D eigenvalue weighted by Crippen LogP contribution is 2.24. The molecule has 0 amide bonds. The second kappa shape index (κ2) is 5.54. The van der Waals surface area contributed by atoms with Crippen molar-refractivity contribution in [3.8, 4) is 11.5 Å². The van der Waals surface area contributed by atoms with E-state index in [1.807, 2.05) is 13.8 Å². The van der Waals surface area contributed by atoms with Gasteiger partial charge >= 0.3 is 0 Å². The van der Waals surface area contributed by atoms with Gasteiger partial charge < -0.3 is 9.47 Å². The summed E-state index contributed by atoms with van der Waals surface area (Å²) in [5.74, 6) is 1.76. The monoisotopic (exact) mass is 222 g/mol. The highest BCUT2D eigenvalue weighted by molar-refractivity contribution is 5.97. The molecule has 0 unspecified atom stereocenters. The first kappa shape index (κ1) is 12.6. The van der Waals surface area contributed by atoms with Crippen LogP contribution in [-0.4, -0.2) is 20.0 Å². The van der Waals surface area contributed by atoms with E-state index >= 15 is 0 Å². The van der Waals surface area contributed by atoms with E-state index < -0.39 is 0 Å². The van der Waals surface area contributed by atoms with Crippen LogP contribution in [0.25, 0.3) is 0 Å². The van der Waals surface area contributed by atoms with Crippen molar-refractivity contribution in [1.29, 1.82) is 0 Å². The molecule has 16 heavy (non-hydrogen) atoms. The smallest absolute Gasteiger partial charge is 0.163 e. The lowest BCUT2D eigenvalue weighted by Gasteiger charge is -2.08. The van der Waals surface area contributed by atoms with Gasteiger partial charge in [-0.3, -0.25) is 4.79 Å². The van der Waals surface area contributed by atoms with Crippen LogP contribution in [0.15, 0.2) is 18.2 Å². The summed E-state index contributed by atoms with van der Waals surface area (Å²) in [7, 11) is 3.15. The van der Waals surface area contributed by atoms with Crippen LogP contribution in [0.2, 0.25) is 0 Å². The Morgan fingerprint density at radius 2 is 1.62 bits per heavy atom. The molecule has 0 radical (unpaired) electrons. The second-order valence-electron chi connectivity index (χ2n) is 4.12. The Morgan fingerprint density at radius 1 is 1.12 bits per heavy atom. The fraction of sp³-hybridized carbons (Fsp3) is 0.462. The van der Waals surface area contributed by atoms with Gasteiger partial charge in [-0.15, -0.1) is 0 Å². The molecule has 0 aromatic heterocycles. The van der Waals surface area contributed by atoms with Gasteiger partial charge in [0.2, 0.25) is 0 Å². The van der Waals surface area contributed by atoms with E-state index in [0.717, 1.165) is 0 Å². The molecule has 0 bridgehead atoms. The lowest BCUT2D eigenvalue weighted by molar-refractivity contribution is 0.0967. The third kappa shape index (κ3) is 3.26. The summed E-state index contributed by atoms with van der Waals surface area (Å²) in [6.07, 6.45) is 0.538. The standard InChI is InChI=1S/C13H18O3/c1-9(2)5-13(14)10-6-11(15-3)8-12(7-10)16-4/h6-9H,5H2,1-4H3. The molecule has 0 aliphatic carbocycles. The quantitative estimate of drug-likeness (QED) is 0.718. The van der Waals surface area contributed by atoms with Crippen LogP contribution < -0.4 is 9.47 Å². The van der Waals surface area contributed by atoms with Crippen LogP contribution >= 0.6 is 0 Å². The van der Waals surface area contributed by atoms with E-state index in [9.17, 15) is 4.79 Å². The Balaban J connectivity index is 2.98. The fourth-order valence-corrected chi connectivity index (χ4v) is 1.46. The predicted molar refractivity (Wildman–Crippen MR) is 63.3 cm³/mol. The number of ketones is 1.